The normalized spacial score (nSPS) is 18.2. The number of hydrogen-bond acceptors (Lipinski definition) is 6. The van der Waals surface area contributed by atoms with Crippen molar-refractivity contribution in [2.24, 2.45) is 5.41 Å². The summed E-state index contributed by atoms with van der Waals surface area (Å²) in [6.45, 7) is 3.86. The minimum atomic E-state index is -0.373. The number of nitrogens with one attached hydrogen (secondary N) is 1. The van der Waals surface area contributed by atoms with Crippen molar-refractivity contribution in [3.05, 3.63) is 5.69 Å². The molecule has 0 aromatic carbocycles. The van der Waals surface area contributed by atoms with Gasteiger partial charge in [0.05, 0.1) is 13.2 Å². The molecular weight excluding hydrogens is 200 g/mol. The summed E-state index contributed by atoms with van der Waals surface area (Å²) in [5, 5.41) is 9.44. The van der Waals surface area contributed by atoms with E-state index in [4.69, 9.17) is 10.5 Å². The molecule has 7 nitrogen and oxygen atoms in total. The molecule has 0 atom stereocenters. The van der Waals surface area contributed by atoms with Crippen LogP contribution in [-0.4, -0.2) is 36.0 Å². The second-order valence-corrected chi connectivity index (χ2v) is 3.98. The van der Waals surface area contributed by atoms with E-state index in [1.807, 2.05) is 6.92 Å². The predicted molar refractivity (Wildman–Crippen MR) is 50.0 cm³/mol. The first-order chi connectivity index (χ1) is 7.11. The third kappa shape index (κ3) is 1.91. The number of hydrogen-bond donors (Lipinski definition) is 2. The number of aromatic nitrogens is 2. The topological polar surface area (TPSA) is 103 Å². The van der Waals surface area contributed by atoms with Gasteiger partial charge in [-0.15, -0.1) is 0 Å². The quantitative estimate of drug-likeness (QED) is 0.694. The molecule has 0 bridgehead atoms. The van der Waals surface area contributed by atoms with Crippen molar-refractivity contribution < 1.29 is 14.2 Å². The molecule has 0 radical (unpaired) electrons. The Hall–Kier alpha value is -1.63. The minimum Gasteiger partial charge on any atom is -0.380 e. The van der Waals surface area contributed by atoms with Crippen LogP contribution < -0.4 is 11.1 Å². The maximum absolute atomic E-state index is 11.5. The molecule has 2 heterocycles. The zero-order valence-electron chi connectivity index (χ0n) is 8.32. The molecule has 3 N–H and O–H groups in total. The molecular formula is C8H12N4O3. The van der Waals surface area contributed by atoms with Gasteiger partial charge in [0.1, 0.15) is 0 Å². The first-order valence-corrected chi connectivity index (χ1v) is 4.55. The van der Waals surface area contributed by atoms with Gasteiger partial charge >= 0.3 is 0 Å². The molecule has 0 aliphatic carbocycles. The van der Waals surface area contributed by atoms with Crippen LogP contribution in [-0.2, 0) is 4.74 Å². The molecule has 15 heavy (non-hydrogen) atoms. The van der Waals surface area contributed by atoms with Crippen molar-refractivity contribution >= 4 is 11.7 Å². The number of nitrogen functional groups attached to an aromatic ring is 1. The number of carbonyl (C=O) groups is 1. The monoisotopic (exact) mass is 212 g/mol. The highest BCUT2D eigenvalue weighted by atomic mass is 16.6. The van der Waals surface area contributed by atoms with E-state index >= 15 is 0 Å². The van der Waals surface area contributed by atoms with Crippen LogP contribution in [0.3, 0.4) is 0 Å². The van der Waals surface area contributed by atoms with E-state index in [0.29, 0.717) is 19.8 Å². The molecule has 1 aliphatic rings. The van der Waals surface area contributed by atoms with Gasteiger partial charge in [-0.1, -0.05) is 6.92 Å². The first-order valence-electron chi connectivity index (χ1n) is 4.55. The summed E-state index contributed by atoms with van der Waals surface area (Å²) >= 11 is 0. The van der Waals surface area contributed by atoms with Crippen LogP contribution in [0.25, 0.3) is 0 Å². The van der Waals surface area contributed by atoms with Crippen molar-refractivity contribution in [2.75, 3.05) is 25.5 Å². The summed E-state index contributed by atoms with van der Waals surface area (Å²) in [5.74, 6) is -0.371. The minimum absolute atomic E-state index is 0.00233. The summed E-state index contributed by atoms with van der Waals surface area (Å²) in [5.41, 5.74) is 5.42. The van der Waals surface area contributed by atoms with Gasteiger partial charge in [-0.3, -0.25) is 4.79 Å². The molecule has 82 valence electrons. The molecule has 1 aromatic heterocycles. The summed E-state index contributed by atoms with van der Waals surface area (Å²) in [6.07, 6.45) is 0. The number of anilines is 1. The Balaban J connectivity index is 1.90. The van der Waals surface area contributed by atoms with Gasteiger partial charge in [-0.05, 0) is 10.3 Å². The molecule has 7 heteroatoms. The van der Waals surface area contributed by atoms with Gasteiger partial charge < -0.3 is 15.8 Å². The summed E-state index contributed by atoms with van der Waals surface area (Å²) in [7, 11) is 0. The third-order valence-electron chi connectivity index (χ3n) is 2.31. The summed E-state index contributed by atoms with van der Waals surface area (Å²) in [6, 6.07) is 0. The molecule has 0 saturated carbocycles. The number of amides is 1. The number of ether oxygens (including phenoxy) is 1. The number of carbonyl (C=O) groups excluding carboxylic acids is 1. The summed E-state index contributed by atoms with van der Waals surface area (Å²) < 4.78 is 9.39. The van der Waals surface area contributed by atoms with Gasteiger partial charge in [0, 0.05) is 12.0 Å². The van der Waals surface area contributed by atoms with Crippen LogP contribution in [0.15, 0.2) is 4.63 Å². The third-order valence-corrected chi connectivity index (χ3v) is 2.31. The van der Waals surface area contributed by atoms with E-state index in [1.165, 1.54) is 0 Å². The molecule has 1 aliphatic heterocycles. The number of nitrogens with two attached hydrogens (primary N) is 1. The molecule has 0 unspecified atom stereocenters. The first kappa shape index (κ1) is 9.91. The largest absolute Gasteiger partial charge is 0.380 e. The van der Waals surface area contributed by atoms with E-state index in [-0.39, 0.29) is 22.8 Å². The SMILES string of the molecule is CC1(CNC(=O)c2nonc2N)COC1. The van der Waals surface area contributed by atoms with Gasteiger partial charge in [0.2, 0.25) is 11.5 Å². The standard InChI is InChI=1S/C8H12N4O3/c1-8(3-14-4-8)2-10-7(13)5-6(9)12-15-11-5/h2-4H2,1H3,(H2,9,12)(H,10,13). The Morgan fingerprint density at radius 2 is 2.33 bits per heavy atom. The van der Waals surface area contributed by atoms with Gasteiger partial charge in [0.15, 0.2) is 0 Å². The van der Waals surface area contributed by atoms with E-state index in [1.54, 1.807) is 0 Å². The highest BCUT2D eigenvalue weighted by Gasteiger charge is 2.34. The second kappa shape index (κ2) is 3.50. The van der Waals surface area contributed by atoms with E-state index in [2.05, 4.69) is 20.3 Å². The number of nitrogens with zero attached hydrogens (tertiary/aromatic N) is 2. The number of rotatable bonds is 3. The average Bonchev–Trinajstić information content (AvgIpc) is 2.58. The van der Waals surface area contributed by atoms with Crippen molar-refractivity contribution in [2.45, 2.75) is 6.92 Å². The van der Waals surface area contributed by atoms with Crippen LogP contribution in [0, 0.1) is 5.41 Å². The van der Waals surface area contributed by atoms with Crippen molar-refractivity contribution in [1.82, 2.24) is 15.6 Å². The highest BCUT2D eigenvalue weighted by molar-refractivity contribution is 5.95. The highest BCUT2D eigenvalue weighted by Crippen LogP contribution is 2.25. The Morgan fingerprint density at radius 1 is 1.60 bits per heavy atom. The smallest absolute Gasteiger partial charge is 0.277 e. The molecule has 0 spiro atoms. The summed E-state index contributed by atoms with van der Waals surface area (Å²) in [4.78, 5) is 11.5. The Morgan fingerprint density at radius 3 is 2.80 bits per heavy atom. The molecule has 1 saturated heterocycles. The van der Waals surface area contributed by atoms with Crippen LogP contribution in [0.4, 0.5) is 5.82 Å². The second-order valence-electron chi connectivity index (χ2n) is 3.98. The van der Waals surface area contributed by atoms with Crippen LogP contribution in [0.5, 0.6) is 0 Å². The fourth-order valence-electron chi connectivity index (χ4n) is 1.28. The van der Waals surface area contributed by atoms with E-state index in [0.717, 1.165) is 0 Å². The maximum atomic E-state index is 11.5. The van der Waals surface area contributed by atoms with E-state index in [9.17, 15) is 4.79 Å². The lowest BCUT2D eigenvalue weighted by Gasteiger charge is -2.37. The predicted octanol–water partition coefficient (Wildman–Crippen LogP) is -0.582. The average molecular weight is 212 g/mol. The molecule has 1 amide bonds. The maximum Gasteiger partial charge on any atom is 0.277 e. The lowest BCUT2D eigenvalue weighted by atomic mass is 9.89. The van der Waals surface area contributed by atoms with Crippen molar-refractivity contribution in [3.8, 4) is 0 Å². The fourth-order valence-corrected chi connectivity index (χ4v) is 1.28. The molecule has 2 rings (SSSR count). The molecule has 1 aromatic rings. The zero-order valence-corrected chi connectivity index (χ0v) is 8.32. The zero-order chi connectivity index (χ0) is 10.9. The van der Waals surface area contributed by atoms with Crippen LogP contribution in [0.2, 0.25) is 0 Å². The lowest BCUT2D eigenvalue weighted by Crippen LogP contribution is -2.48. The van der Waals surface area contributed by atoms with Crippen molar-refractivity contribution in [3.63, 3.8) is 0 Å². The van der Waals surface area contributed by atoms with Gasteiger partial charge in [0.25, 0.3) is 5.91 Å². The van der Waals surface area contributed by atoms with Gasteiger partial charge in [-0.2, -0.15) is 0 Å². The molecule has 1 fully saturated rings. The Labute approximate surface area is 85.9 Å². The lowest BCUT2D eigenvalue weighted by molar-refractivity contribution is -0.0978. The Kier molecular flexibility index (Phi) is 2.31. The van der Waals surface area contributed by atoms with Gasteiger partial charge in [-0.25, -0.2) is 4.63 Å². The van der Waals surface area contributed by atoms with Crippen LogP contribution in [0.1, 0.15) is 17.4 Å². The fraction of sp³-hybridized carbons (Fsp3) is 0.625. The van der Waals surface area contributed by atoms with Crippen molar-refractivity contribution in [1.29, 1.82) is 0 Å². The van der Waals surface area contributed by atoms with E-state index < -0.39 is 0 Å². The Bertz CT molecular complexity index is 372. The van der Waals surface area contributed by atoms with Crippen LogP contribution >= 0.6 is 0 Å².